The van der Waals surface area contributed by atoms with Gasteiger partial charge in [-0.2, -0.15) is 4.79 Å². The highest BCUT2D eigenvalue weighted by Crippen LogP contribution is 2.11. The second kappa shape index (κ2) is 4.07. The maximum atomic E-state index is 11.6. The number of hydrogen-bond donors (Lipinski definition) is 0. The number of nitrogens with zero attached hydrogens (tertiary/aromatic N) is 1. The van der Waals surface area contributed by atoms with Crippen LogP contribution < -0.4 is 0 Å². The normalized spacial score (nSPS) is 21.5. The van der Waals surface area contributed by atoms with E-state index in [1.165, 1.54) is 0 Å². The highest BCUT2D eigenvalue weighted by Gasteiger charge is 2.36. The molecule has 4 heteroatoms. The molecular weight excluding hydrogens is 170 g/mol. The summed E-state index contributed by atoms with van der Waals surface area (Å²) >= 11 is 0. The van der Waals surface area contributed by atoms with Gasteiger partial charge in [-0.1, -0.05) is 0 Å². The number of carbonyl (C=O) groups excluding carboxylic acids is 1. The monoisotopic (exact) mass is 188 g/mol. The first-order valence-electron chi connectivity index (χ1n) is 4.68. The van der Waals surface area contributed by atoms with Crippen molar-refractivity contribution < 1.29 is 18.8 Å². The number of hydrogen-bond acceptors (Lipinski definition) is 3. The molecule has 0 aliphatic carbocycles. The minimum atomic E-state index is -0.140. The summed E-state index contributed by atoms with van der Waals surface area (Å²) in [5.74, 6) is 0. The molecule has 0 unspecified atom stereocenters. The Morgan fingerprint density at radius 2 is 1.92 bits per heavy atom. The molecule has 1 saturated heterocycles. The van der Waals surface area contributed by atoms with E-state index in [4.69, 9.17) is 9.47 Å². The lowest BCUT2D eigenvalue weighted by Crippen LogP contribution is -2.56. The average Bonchev–Trinajstić information content (AvgIpc) is 2.04. The van der Waals surface area contributed by atoms with Crippen molar-refractivity contribution in [2.75, 3.05) is 33.4 Å². The molecule has 0 bridgehead atoms. The first-order valence-corrected chi connectivity index (χ1v) is 4.68. The van der Waals surface area contributed by atoms with Crippen LogP contribution in [0.3, 0.4) is 0 Å². The maximum Gasteiger partial charge on any atom is 0.516 e. The summed E-state index contributed by atoms with van der Waals surface area (Å²) in [6, 6.07) is 0. The summed E-state index contributed by atoms with van der Waals surface area (Å²) in [6.45, 7) is 6.44. The van der Waals surface area contributed by atoms with Crippen LogP contribution in [0.5, 0.6) is 0 Å². The fraction of sp³-hybridized carbons (Fsp3) is 0.889. The van der Waals surface area contributed by atoms with Gasteiger partial charge in [0.1, 0.15) is 19.2 Å². The third kappa shape index (κ3) is 2.67. The Morgan fingerprint density at radius 3 is 2.38 bits per heavy atom. The molecular formula is C9H18NO3+. The molecule has 1 fully saturated rings. The Hall–Kier alpha value is -0.610. The molecule has 0 spiro atoms. The van der Waals surface area contributed by atoms with E-state index in [9.17, 15) is 4.79 Å². The van der Waals surface area contributed by atoms with Gasteiger partial charge in [-0.3, -0.25) is 0 Å². The number of rotatable bonds is 1. The van der Waals surface area contributed by atoms with Gasteiger partial charge in [0.05, 0.1) is 20.3 Å². The number of likely N-dealkylation sites (N-methyl/N-ethyl adjacent to an activating group) is 1. The van der Waals surface area contributed by atoms with Gasteiger partial charge in [0.2, 0.25) is 0 Å². The van der Waals surface area contributed by atoms with Crippen LogP contribution in [-0.4, -0.2) is 50.0 Å². The van der Waals surface area contributed by atoms with Crippen LogP contribution >= 0.6 is 0 Å². The van der Waals surface area contributed by atoms with Crippen LogP contribution in [0.4, 0.5) is 4.79 Å². The zero-order valence-electron chi connectivity index (χ0n) is 8.58. The van der Waals surface area contributed by atoms with E-state index >= 15 is 0 Å². The molecule has 4 nitrogen and oxygen atoms in total. The van der Waals surface area contributed by atoms with E-state index < -0.39 is 0 Å². The fourth-order valence-corrected chi connectivity index (χ4v) is 1.26. The van der Waals surface area contributed by atoms with Crippen molar-refractivity contribution in [1.29, 1.82) is 0 Å². The predicted molar refractivity (Wildman–Crippen MR) is 48.4 cm³/mol. The Morgan fingerprint density at radius 1 is 1.38 bits per heavy atom. The molecule has 1 heterocycles. The van der Waals surface area contributed by atoms with Gasteiger partial charge < -0.3 is 9.47 Å². The third-order valence-corrected chi connectivity index (χ3v) is 2.24. The lowest BCUT2D eigenvalue weighted by Gasteiger charge is -2.33. The van der Waals surface area contributed by atoms with Crippen molar-refractivity contribution in [3.8, 4) is 0 Å². The number of amides is 1. The molecule has 0 saturated carbocycles. The van der Waals surface area contributed by atoms with Gasteiger partial charge in [-0.25, -0.2) is 4.48 Å². The summed E-state index contributed by atoms with van der Waals surface area (Å²) in [4.78, 5) is 11.6. The summed E-state index contributed by atoms with van der Waals surface area (Å²) in [7, 11) is 1.90. The highest BCUT2D eigenvalue weighted by molar-refractivity contribution is 5.59. The standard InChI is InChI=1S/C9H18NO3/c1-8(2)13-9(11)10(3)4-6-12-7-5-10/h8H,4-7H2,1-3H3/q+1. The molecule has 76 valence electrons. The largest absolute Gasteiger partial charge is 0.516 e. The second-order valence-electron chi connectivity index (χ2n) is 3.89. The van der Waals surface area contributed by atoms with Gasteiger partial charge in [0, 0.05) is 0 Å². The van der Waals surface area contributed by atoms with Crippen molar-refractivity contribution in [3.63, 3.8) is 0 Å². The van der Waals surface area contributed by atoms with Gasteiger partial charge in [-0.05, 0) is 13.8 Å². The van der Waals surface area contributed by atoms with Gasteiger partial charge in [-0.15, -0.1) is 0 Å². The van der Waals surface area contributed by atoms with Crippen LogP contribution in [-0.2, 0) is 9.47 Å². The minimum Gasteiger partial charge on any atom is -0.417 e. The quantitative estimate of drug-likeness (QED) is 0.576. The van der Waals surface area contributed by atoms with Crippen LogP contribution in [0.15, 0.2) is 0 Å². The van der Waals surface area contributed by atoms with Crippen molar-refractivity contribution in [2.24, 2.45) is 0 Å². The van der Waals surface area contributed by atoms with E-state index in [-0.39, 0.29) is 12.2 Å². The number of quaternary nitrogens is 1. The molecule has 1 rings (SSSR count). The van der Waals surface area contributed by atoms with Crippen molar-refractivity contribution in [1.82, 2.24) is 0 Å². The van der Waals surface area contributed by atoms with Crippen molar-refractivity contribution in [3.05, 3.63) is 0 Å². The summed E-state index contributed by atoms with van der Waals surface area (Å²) in [5, 5.41) is 0. The lowest BCUT2D eigenvalue weighted by molar-refractivity contribution is -0.847. The maximum absolute atomic E-state index is 11.6. The molecule has 1 aliphatic rings. The van der Waals surface area contributed by atoms with Crippen LogP contribution in [0, 0.1) is 0 Å². The van der Waals surface area contributed by atoms with Crippen molar-refractivity contribution in [2.45, 2.75) is 20.0 Å². The molecule has 0 aromatic heterocycles. The number of ether oxygens (including phenoxy) is 2. The summed E-state index contributed by atoms with van der Waals surface area (Å²) in [6.07, 6.45) is -0.177. The fourth-order valence-electron chi connectivity index (χ4n) is 1.26. The second-order valence-corrected chi connectivity index (χ2v) is 3.89. The van der Waals surface area contributed by atoms with Gasteiger partial charge in [0.25, 0.3) is 0 Å². The van der Waals surface area contributed by atoms with Gasteiger partial charge in [0.15, 0.2) is 0 Å². The Kier molecular flexibility index (Phi) is 3.27. The molecule has 0 aromatic rings. The minimum absolute atomic E-state index is 0.0368. The number of carbonyl (C=O) groups is 1. The molecule has 1 amide bonds. The molecule has 0 N–H and O–H groups in total. The summed E-state index contributed by atoms with van der Waals surface area (Å²) in [5.41, 5.74) is 0. The molecule has 0 atom stereocenters. The Balaban J connectivity index is 2.51. The summed E-state index contributed by atoms with van der Waals surface area (Å²) < 4.78 is 10.7. The van der Waals surface area contributed by atoms with E-state index in [0.29, 0.717) is 30.8 Å². The predicted octanol–water partition coefficient (Wildman–Crippen LogP) is 1.01. The zero-order chi connectivity index (χ0) is 9.90. The first-order chi connectivity index (χ1) is 6.04. The zero-order valence-corrected chi connectivity index (χ0v) is 8.58. The molecule has 0 aromatic carbocycles. The van der Waals surface area contributed by atoms with Gasteiger partial charge >= 0.3 is 6.09 Å². The van der Waals surface area contributed by atoms with Crippen LogP contribution in [0.25, 0.3) is 0 Å². The molecule has 0 radical (unpaired) electrons. The SMILES string of the molecule is CC(C)OC(=O)[N+]1(C)CCOCC1. The smallest absolute Gasteiger partial charge is 0.417 e. The van der Waals surface area contributed by atoms with Crippen molar-refractivity contribution >= 4 is 6.09 Å². The van der Waals surface area contributed by atoms with E-state index in [0.717, 1.165) is 0 Å². The highest BCUT2D eigenvalue weighted by atomic mass is 16.6. The van der Waals surface area contributed by atoms with E-state index in [2.05, 4.69) is 0 Å². The number of morpholine rings is 1. The Labute approximate surface area is 79.0 Å². The van der Waals surface area contributed by atoms with E-state index in [1.807, 2.05) is 20.9 Å². The van der Waals surface area contributed by atoms with Crippen LogP contribution in [0.2, 0.25) is 0 Å². The first kappa shape index (κ1) is 10.5. The van der Waals surface area contributed by atoms with Crippen LogP contribution in [0.1, 0.15) is 13.8 Å². The average molecular weight is 188 g/mol. The molecule has 1 aliphatic heterocycles. The van der Waals surface area contributed by atoms with E-state index in [1.54, 1.807) is 0 Å². The molecule has 13 heavy (non-hydrogen) atoms. The topological polar surface area (TPSA) is 35.5 Å². The third-order valence-electron chi connectivity index (χ3n) is 2.24. The lowest BCUT2D eigenvalue weighted by atomic mass is 10.4. The Bertz CT molecular complexity index is 185.